The van der Waals surface area contributed by atoms with Crippen molar-refractivity contribution in [3.63, 3.8) is 0 Å². The highest BCUT2D eigenvalue weighted by Crippen LogP contribution is 2.42. The fourth-order valence-corrected chi connectivity index (χ4v) is 5.19. The molecule has 1 aromatic carbocycles. The normalized spacial score (nSPS) is 20.0. The number of aliphatic carboxylic acids is 1. The van der Waals surface area contributed by atoms with Gasteiger partial charge in [-0.2, -0.15) is 0 Å². The Bertz CT molecular complexity index is 848. The molecule has 0 spiro atoms. The van der Waals surface area contributed by atoms with E-state index in [0.29, 0.717) is 17.1 Å². The maximum Gasteiger partial charge on any atom is 0.327 e. The summed E-state index contributed by atoms with van der Waals surface area (Å²) < 4.78 is 0. The average molecular weight is 417 g/mol. The Kier molecular flexibility index (Phi) is 6.74. The summed E-state index contributed by atoms with van der Waals surface area (Å²) in [6.45, 7) is 1.73. The smallest absolute Gasteiger partial charge is 0.327 e. The number of hydrogen-bond acceptors (Lipinski definition) is 6. The van der Waals surface area contributed by atoms with Crippen LogP contribution in [0.15, 0.2) is 54.9 Å². The second-order valence-electron chi connectivity index (χ2n) is 6.44. The predicted octanol–water partition coefficient (Wildman–Crippen LogP) is 3.32. The van der Waals surface area contributed by atoms with Crippen LogP contribution in [0.3, 0.4) is 0 Å². The van der Waals surface area contributed by atoms with Gasteiger partial charge in [0.2, 0.25) is 11.0 Å². The predicted molar refractivity (Wildman–Crippen MR) is 110 cm³/mol. The summed E-state index contributed by atoms with van der Waals surface area (Å²) in [6.07, 6.45) is 3.29. The molecule has 1 amide bonds. The maximum atomic E-state index is 13.1. The Hall–Kier alpha value is -2.32. The van der Waals surface area contributed by atoms with Gasteiger partial charge in [-0.1, -0.05) is 55.1 Å². The number of aromatic nitrogens is 1. The number of benzene rings is 1. The number of carbonyl (C=O) groups is 3. The van der Waals surface area contributed by atoms with Crippen molar-refractivity contribution in [3.05, 3.63) is 66.0 Å². The third kappa shape index (κ3) is 4.56. The quantitative estimate of drug-likeness (QED) is 0.773. The highest BCUT2D eigenvalue weighted by Gasteiger charge is 2.43. The van der Waals surface area contributed by atoms with Crippen LogP contribution >= 0.6 is 23.5 Å². The van der Waals surface area contributed by atoms with Crippen LogP contribution in [0.2, 0.25) is 0 Å². The zero-order valence-electron chi connectivity index (χ0n) is 15.2. The highest BCUT2D eigenvalue weighted by molar-refractivity contribution is 8.14. The van der Waals surface area contributed by atoms with Crippen LogP contribution in [-0.4, -0.2) is 49.5 Å². The second-order valence-corrected chi connectivity index (χ2v) is 8.54. The topological polar surface area (TPSA) is 87.6 Å². The summed E-state index contributed by atoms with van der Waals surface area (Å²) >= 11 is 2.50. The van der Waals surface area contributed by atoms with Crippen molar-refractivity contribution < 1.29 is 19.5 Å². The summed E-state index contributed by atoms with van der Waals surface area (Å²) in [5.74, 6) is -1.16. The highest BCUT2D eigenvalue weighted by atomic mass is 32.2. The maximum absolute atomic E-state index is 13.1. The molecule has 8 heteroatoms. The van der Waals surface area contributed by atoms with Crippen LogP contribution in [0, 0.1) is 5.92 Å². The largest absolute Gasteiger partial charge is 0.480 e. The fourth-order valence-electron chi connectivity index (χ4n) is 2.93. The molecule has 3 rings (SSSR count). The molecule has 1 fully saturated rings. The van der Waals surface area contributed by atoms with Crippen LogP contribution < -0.4 is 0 Å². The van der Waals surface area contributed by atoms with Gasteiger partial charge in [0.15, 0.2) is 0 Å². The lowest BCUT2D eigenvalue weighted by atomic mass is 10.1. The summed E-state index contributed by atoms with van der Waals surface area (Å²) in [5, 5.41) is 9.07. The number of amides is 1. The molecule has 6 nitrogen and oxygen atoms in total. The minimum Gasteiger partial charge on any atom is -0.480 e. The van der Waals surface area contributed by atoms with E-state index in [-0.39, 0.29) is 16.4 Å². The number of carboxylic acids is 1. The van der Waals surface area contributed by atoms with Crippen molar-refractivity contribution in [3.8, 4) is 0 Å². The summed E-state index contributed by atoms with van der Waals surface area (Å²) in [6, 6.07) is 11.6. The SMILES string of the molecule is CC(CSC(=O)c1ccccc1)C(=O)N1C(c2cccnc2)SC[C@H]1C(=O)O. The average Bonchev–Trinajstić information content (AvgIpc) is 3.18. The van der Waals surface area contributed by atoms with E-state index < -0.39 is 17.9 Å². The summed E-state index contributed by atoms with van der Waals surface area (Å²) in [5.41, 5.74) is 1.38. The van der Waals surface area contributed by atoms with Gasteiger partial charge in [-0.3, -0.25) is 14.6 Å². The first-order chi connectivity index (χ1) is 13.5. The molecule has 3 atom stereocenters. The molecule has 0 radical (unpaired) electrons. The number of pyridine rings is 1. The van der Waals surface area contributed by atoms with Crippen molar-refractivity contribution >= 4 is 40.5 Å². The van der Waals surface area contributed by atoms with E-state index in [9.17, 15) is 19.5 Å². The van der Waals surface area contributed by atoms with Crippen molar-refractivity contribution in [2.24, 2.45) is 5.92 Å². The minimum absolute atomic E-state index is 0.102. The molecule has 1 N–H and O–H groups in total. The van der Waals surface area contributed by atoms with Gasteiger partial charge in [0.1, 0.15) is 11.4 Å². The standard InChI is InChI=1S/C20H20N2O4S2/c1-13(11-28-20(26)14-6-3-2-4-7-14)17(23)22-16(19(24)25)12-27-18(22)15-8-5-9-21-10-15/h2-10,13,16,18H,11-12H2,1H3,(H,24,25)/t13?,16-,18?/m0/s1. The lowest BCUT2D eigenvalue weighted by Gasteiger charge is -2.29. The first-order valence-electron chi connectivity index (χ1n) is 8.77. The number of nitrogens with zero attached hydrogens (tertiary/aromatic N) is 2. The van der Waals surface area contributed by atoms with E-state index in [1.165, 1.54) is 16.7 Å². The van der Waals surface area contributed by atoms with Crippen molar-refractivity contribution in [2.45, 2.75) is 18.3 Å². The number of rotatable bonds is 6. The second kappa shape index (κ2) is 9.25. The van der Waals surface area contributed by atoms with E-state index in [4.69, 9.17) is 0 Å². The van der Waals surface area contributed by atoms with Crippen LogP contribution in [0.1, 0.15) is 28.2 Å². The molecule has 0 saturated carbocycles. The first-order valence-corrected chi connectivity index (χ1v) is 10.8. The number of thioether (sulfide) groups is 2. The van der Waals surface area contributed by atoms with Gasteiger partial charge in [-0.15, -0.1) is 11.8 Å². The van der Waals surface area contributed by atoms with Gasteiger partial charge in [0.25, 0.3) is 0 Å². The zero-order chi connectivity index (χ0) is 20.1. The third-order valence-electron chi connectivity index (χ3n) is 4.40. The lowest BCUT2D eigenvalue weighted by molar-refractivity contribution is -0.150. The van der Waals surface area contributed by atoms with Gasteiger partial charge in [-0.25, -0.2) is 4.79 Å². The Morgan fingerprint density at radius 2 is 2.00 bits per heavy atom. The molecule has 1 aliphatic heterocycles. The lowest BCUT2D eigenvalue weighted by Crippen LogP contribution is -2.45. The molecule has 2 unspecified atom stereocenters. The van der Waals surface area contributed by atoms with Crippen molar-refractivity contribution in [1.29, 1.82) is 0 Å². The van der Waals surface area contributed by atoms with E-state index in [2.05, 4.69) is 4.98 Å². The van der Waals surface area contributed by atoms with Gasteiger partial charge in [0, 0.05) is 40.9 Å². The number of hydrogen-bond donors (Lipinski definition) is 1. The van der Waals surface area contributed by atoms with Crippen LogP contribution in [0.4, 0.5) is 0 Å². The van der Waals surface area contributed by atoms with E-state index in [1.807, 2.05) is 12.1 Å². The molecule has 146 valence electrons. The third-order valence-corrected chi connectivity index (χ3v) is 6.89. The van der Waals surface area contributed by atoms with E-state index in [1.54, 1.807) is 49.6 Å². The Morgan fingerprint density at radius 3 is 2.64 bits per heavy atom. The minimum atomic E-state index is -1.02. The molecule has 2 heterocycles. The molecule has 2 aromatic rings. The molecular formula is C20H20N2O4S2. The van der Waals surface area contributed by atoms with Crippen LogP contribution in [0.5, 0.6) is 0 Å². The first kappa shape index (κ1) is 20.4. The molecule has 0 aliphatic carbocycles. The van der Waals surface area contributed by atoms with E-state index in [0.717, 1.165) is 17.3 Å². The Morgan fingerprint density at radius 1 is 1.25 bits per heavy atom. The Labute approximate surface area is 171 Å². The molecule has 1 aromatic heterocycles. The molecule has 1 aliphatic rings. The zero-order valence-corrected chi connectivity index (χ0v) is 16.9. The van der Waals surface area contributed by atoms with E-state index >= 15 is 0 Å². The van der Waals surface area contributed by atoms with Crippen molar-refractivity contribution in [1.82, 2.24) is 9.88 Å². The molecular weight excluding hydrogens is 396 g/mol. The molecule has 1 saturated heterocycles. The molecule has 28 heavy (non-hydrogen) atoms. The fraction of sp³-hybridized carbons (Fsp3) is 0.300. The Balaban J connectivity index is 1.71. The van der Waals surface area contributed by atoms with Crippen molar-refractivity contribution in [2.75, 3.05) is 11.5 Å². The van der Waals surface area contributed by atoms with Gasteiger partial charge < -0.3 is 10.0 Å². The molecule has 0 bridgehead atoms. The van der Waals surface area contributed by atoms with Crippen LogP contribution in [-0.2, 0) is 9.59 Å². The summed E-state index contributed by atoms with van der Waals surface area (Å²) in [7, 11) is 0. The van der Waals surface area contributed by atoms with Crippen LogP contribution in [0.25, 0.3) is 0 Å². The van der Waals surface area contributed by atoms with Gasteiger partial charge in [-0.05, 0) is 6.07 Å². The van der Waals surface area contributed by atoms with Gasteiger partial charge in [0.05, 0.1) is 0 Å². The number of carbonyl (C=O) groups excluding carboxylic acids is 2. The monoisotopic (exact) mass is 416 g/mol. The van der Waals surface area contributed by atoms with Gasteiger partial charge >= 0.3 is 5.97 Å². The summed E-state index contributed by atoms with van der Waals surface area (Å²) in [4.78, 5) is 42.6. The number of carboxylic acid groups (broad SMARTS) is 1.